The van der Waals surface area contributed by atoms with Crippen molar-refractivity contribution in [3.05, 3.63) is 29.0 Å². The molecule has 0 aliphatic heterocycles. The van der Waals surface area contributed by atoms with E-state index >= 15 is 0 Å². The number of ether oxygens (including phenoxy) is 1. The third kappa shape index (κ3) is 6.49. The van der Waals surface area contributed by atoms with Crippen LogP contribution in [0.5, 0.6) is 0 Å². The topological polar surface area (TPSA) is 80.3 Å². The maximum absolute atomic E-state index is 11.6. The standard InChI is InChI=1S/C13H18ClN3O3/c1-2-3-4-8-20-9-12(18)16-17-13(19)10-6-5-7-11(14)15-10/h5-7H,2-4,8-9H2,1H3,(H,16,18)(H,17,19). The fraction of sp³-hybridized carbons (Fsp3) is 0.462. The number of aromatic nitrogens is 1. The van der Waals surface area contributed by atoms with Crippen LogP contribution in [0.1, 0.15) is 36.7 Å². The van der Waals surface area contributed by atoms with Crippen LogP contribution in [0.25, 0.3) is 0 Å². The average molecular weight is 300 g/mol. The number of carbonyl (C=O) groups excluding carboxylic acids is 2. The molecule has 0 spiro atoms. The number of nitrogens with zero attached hydrogens (tertiary/aromatic N) is 1. The van der Waals surface area contributed by atoms with Crippen molar-refractivity contribution in [1.29, 1.82) is 0 Å². The van der Waals surface area contributed by atoms with Crippen molar-refractivity contribution >= 4 is 23.4 Å². The fourth-order valence-corrected chi connectivity index (χ4v) is 1.54. The number of rotatable bonds is 7. The number of pyridine rings is 1. The lowest BCUT2D eigenvalue weighted by Gasteiger charge is -2.07. The molecule has 20 heavy (non-hydrogen) atoms. The summed E-state index contributed by atoms with van der Waals surface area (Å²) in [4.78, 5) is 26.8. The SMILES string of the molecule is CCCCCOCC(=O)NNC(=O)c1cccc(Cl)n1. The Morgan fingerprint density at radius 2 is 2.10 bits per heavy atom. The van der Waals surface area contributed by atoms with Crippen molar-refractivity contribution in [2.24, 2.45) is 0 Å². The Morgan fingerprint density at radius 1 is 1.30 bits per heavy atom. The van der Waals surface area contributed by atoms with Gasteiger partial charge < -0.3 is 4.74 Å². The number of amides is 2. The van der Waals surface area contributed by atoms with Gasteiger partial charge in [-0.3, -0.25) is 20.4 Å². The minimum absolute atomic E-state index is 0.0903. The molecule has 0 unspecified atom stereocenters. The molecule has 0 saturated heterocycles. The van der Waals surface area contributed by atoms with Crippen LogP contribution >= 0.6 is 11.6 Å². The summed E-state index contributed by atoms with van der Waals surface area (Å²) in [5, 5.41) is 0.211. The van der Waals surface area contributed by atoms with Crippen molar-refractivity contribution in [1.82, 2.24) is 15.8 Å². The monoisotopic (exact) mass is 299 g/mol. The van der Waals surface area contributed by atoms with Gasteiger partial charge in [0.2, 0.25) is 0 Å². The van der Waals surface area contributed by atoms with Gasteiger partial charge >= 0.3 is 0 Å². The van der Waals surface area contributed by atoms with E-state index in [1.54, 1.807) is 12.1 Å². The van der Waals surface area contributed by atoms with Crippen molar-refractivity contribution in [3.8, 4) is 0 Å². The van der Waals surface area contributed by atoms with E-state index in [4.69, 9.17) is 16.3 Å². The van der Waals surface area contributed by atoms with E-state index in [-0.39, 0.29) is 17.5 Å². The summed E-state index contributed by atoms with van der Waals surface area (Å²) >= 11 is 5.66. The van der Waals surface area contributed by atoms with Crippen molar-refractivity contribution < 1.29 is 14.3 Å². The van der Waals surface area contributed by atoms with Crippen LogP contribution in [0.15, 0.2) is 18.2 Å². The summed E-state index contributed by atoms with van der Waals surface area (Å²) in [6.07, 6.45) is 3.08. The van der Waals surface area contributed by atoms with Crippen LogP contribution in [0.2, 0.25) is 5.15 Å². The molecule has 0 atom stereocenters. The number of hydrogen-bond donors (Lipinski definition) is 2. The van der Waals surface area contributed by atoms with E-state index in [1.807, 2.05) is 0 Å². The summed E-state index contributed by atoms with van der Waals surface area (Å²) in [6, 6.07) is 4.65. The summed E-state index contributed by atoms with van der Waals surface area (Å²) < 4.78 is 5.15. The molecule has 2 N–H and O–H groups in total. The zero-order valence-electron chi connectivity index (χ0n) is 11.3. The molecule has 0 bridgehead atoms. The highest BCUT2D eigenvalue weighted by Gasteiger charge is 2.08. The number of unbranched alkanes of at least 4 members (excludes halogenated alkanes) is 2. The first-order valence-electron chi connectivity index (χ1n) is 6.43. The van der Waals surface area contributed by atoms with Gasteiger partial charge in [0, 0.05) is 6.61 Å². The van der Waals surface area contributed by atoms with Crippen molar-refractivity contribution in [2.75, 3.05) is 13.2 Å². The van der Waals surface area contributed by atoms with Gasteiger partial charge in [-0.05, 0) is 18.6 Å². The van der Waals surface area contributed by atoms with Gasteiger partial charge in [0.05, 0.1) is 0 Å². The molecule has 0 radical (unpaired) electrons. The molecule has 1 heterocycles. The smallest absolute Gasteiger partial charge is 0.288 e. The molecule has 0 aliphatic carbocycles. The van der Waals surface area contributed by atoms with Gasteiger partial charge in [0.15, 0.2) is 0 Å². The van der Waals surface area contributed by atoms with E-state index < -0.39 is 11.8 Å². The second-order valence-electron chi connectivity index (χ2n) is 4.11. The second-order valence-corrected chi connectivity index (χ2v) is 4.49. The highest BCUT2D eigenvalue weighted by Crippen LogP contribution is 2.04. The lowest BCUT2D eigenvalue weighted by Crippen LogP contribution is -2.43. The predicted molar refractivity (Wildman–Crippen MR) is 75.2 cm³/mol. The quantitative estimate of drug-likeness (QED) is 0.456. The van der Waals surface area contributed by atoms with Gasteiger partial charge in [0.25, 0.3) is 11.8 Å². The van der Waals surface area contributed by atoms with Gasteiger partial charge in [-0.15, -0.1) is 0 Å². The molecule has 110 valence electrons. The molecule has 0 saturated carbocycles. The van der Waals surface area contributed by atoms with Crippen LogP contribution in [0.4, 0.5) is 0 Å². The highest BCUT2D eigenvalue weighted by atomic mass is 35.5. The van der Waals surface area contributed by atoms with Crippen molar-refractivity contribution in [3.63, 3.8) is 0 Å². The first-order chi connectivity index (χ1) is 9.63. The van der Waals surface area contributed by atoms with E-state index in [0.29, 0.717) is 6.61 Å². The normalized spacial score (nSPS) is 10.1. The second kappa shape index (κ2) is 9.28. The highest BCUT2D eigenvalue weighted by molar-refractivity contribution is 6.29. The minimum Gasteiger partial charge on any atom is -0.372 e. The predicted octanol–water partition coefficient (Wildman–Crippen LogP) is 1.70. The van der Waals surface area contributed by atoms with Crippen LogP contribution in [0.3, 0.4) is 0 Å². The zero-order valence-corrected chi connectivity index (χ0v) is 12.1. The maximum atomic E-state index is 11.6. The Hall–Kier alpha value is -1.66. The molecule has 1 aromatic heterocycles. The minimum atomic E-state index is -0.535. The molecule has 0 fully saturated rings. The van der Waals surface area contributed by atoms with Gasteiger partial charge in [-0.1, -0.05) is 37.4 Å². The lowest BCUT2D eigenvalue weighted by atomic mass is 10.3. The number of hydrazine groups is 1. The van der Waals surface area contributed by atoms with Crippen LogP contribution in [-0.4, -0.2) is 30.0 Å². The molecule has 1 rings (SSSR count). The van der Waals surface area contributed by atoms with Gasteiger partial charge in [0.1, 0.15) is 17.5 Å². The molecule has 7 heteroatoms. The average Bonchev–Trinajstić information content (AvgIpc) is 2.44. The molecular formula is C13H18ClN3O3. The van der Waals surface area contributed by atoms with E-state index in [0.717, 1.165) is 19.3 Å². The van der Waals surface area contributed by atoms with Crippen LogP contribution in [-0.2, 0) is 9.53 Å². The van der Waals surface area contributed by atoms with Crippen LogP contribution < -0.4 is 10.9 Å². The Morgan fingerprint density at radius 3 is 2.80 bits per heavy atom. The van der Waals surface area contributed by atoms with E-state index in [2.05, 4.69) is 22.8 Å². The summed E-state index contributed by atoms with van der Waals surface area (Å²) in [7, 11) is 0. The molecule has 1 aromatic rings. The van der Waals surface area contributed by atoms with Gasteiger partial charge in [-0.25, -0.2) is 4.98 Å². The molecule has 2 amide bonds. The molecule has 0 aromatic carbocycles. The third-order valence-electron chi connectivity index (χ3n) is 2.39. The first-order valence-corrected chi connectivity index (χ1v) is 6.80. The van der Waals surface area contributed by atoms with Gasteiger partial charge in [-0.2, -0.15) is 0 Å². The molecule has 0 aliphatic rings. The summed E-state index contributed by atoms with van der Waals surface area (Å²) in [5.41, 5.74) is 4.61. The van der Waals surface area contributed by atoms with Crippen molar-refractivity contribution in [2.45, 2.75) is 26.2 Å². The van der Waals surface area contributed by atoms with E-state index in [1.165, 1.54) is 6.07 Å². The Bertz CT molecular complexity index is 454. The molecular weight excluding hydrogens is 282 g/mol. The number of carbonyl (C=O) groups is 2. The third-order valence-corrected chi connectivity index (χ3v) is 2.60. The largest absolute Gasteiger partial charge is 0.372 e. The Balaban J connectivity index is 2.22. The first kappa shape index (κ1) is 16.4. The summed E-state index contributed by atoms with van der Waals surface area (Å²) in [5.74, 6) is -0.955. The summed E-state index contributed by atoms with van der Waals surface area (Å²) in [6.45, 7) is 2.53. The molecule has 6 nitrogen and oxygen atoms in total. The van der Waals surface area contributed by atoms with E-state index in [9.17, 15) is 9.59 Å². The number of halogens is 1. The number of nitrogens with one attached hydrogen (secondary N) is 2. The number of hydrogen-bond acceptors (Lipinski definition) is 4. The zero-order chi connectivity index (χ0) is 14.8. The fourth-order valence-electron chi connectivity index (χ4n) is 1.38. The Labute approximate surface area is 122 Å². The lowest BCUT2D eigenvalue weighted by molar-refractivity contribution is -0.126. The maximum Gasteiger partial charge on any atom is 0.288 e. The van der Waals surface area contributed by atoms with Crippen LogP contribution in [0, 0.1) is 0 Å². The Kier molecular flexibility index (Phi) is 7.60.